The summed E-state index contributed by atoms with van der Waals surface area (Å²) in [6.07, 6.45) is 5.08. The summed E-state index contributed by atoms with van der Waals surface area (Å²) in [5, 5.41) is 14.6. The average Bonchev–Trinajstić information content (AvgIpc) is 2.91. The molecule has 4 heteroatoms. The molecule has 0 radical (unpaired) electrons. The quantitative estimate of drug-likeness (QED) is 0.874. The number of nitrogens with zero attached hydrogens (tertiary/aromatic N) is 2. The van der Waals surface area contributed by atoms with Gasteiger partial charge in [-0.25, -0.2) is 0 Å². The zero-order valence-corrected chi connectivity index (χ0v) is 10.5. The molecule has 1 heterocycles. The molecule has 0 aliphatic heterocycles. The van der Waals surface area contributed by atoms with E-state index in [9.17, 15) is 5.11 Å². The van der Waals surface area contributed by atoms with Crippen molar-refractivity contribution >= 4 is 0 Å². The first-order valence-corrected chi connectivity index (χ1v) is 6.62. The molecule has 0 amide bonds. The molecular formula is C13H20N2O2. The molecule has 3 atom stereocenters. The van der Waals surface area contributed by atoms with Crippen LogP contribution in [-0.2, 0) is 6.42 Å². The number of hydrogen-bond acceptors (Lipinski definition) is 4. The molecular weight excluding hydrogens is 216 g/mol. The third-order valence-corrected chi connectivity index (χ3v) is 4.40. The lowest BCUT2D eigenvalue weighted by Gasteiger charge is -2.30. The maximum Gasteiger partial charge on any atom is 0.229 e. The van der Waals surface area contributed by atoms with Crippen LogP contribution in [0, 0.1) is 11.8 Å². The molecule has 2 aliphatic rings. The van der Waals surface area contributed by atoms with E-state index in [1.54, 1.807) is 0 Å². The third kappa shape index (κ3) is 1.88. The Morgan fingerprint density at radius 2 is 2.29 bits per heavy atom. The lowest BCUT2D eigenvalue weighted by molar-refractivity contribution is -0.0184. The standard InChI is InChI=1S/C13H20N2O2/c1-8(2)12-14-11(17-15-12)7-13(16)6-9-3-4-10(13)5-9/h8-10,16H,3-7H2,1-2H3. The van der Waals surface area contributed by atoms with E-state index in [1.807, 2.05) is 13.8 Å². The highest BCUT2D eigenvalue weighted by Gasteiger charge is 2.50. The maximum atomic E-state index is 10.7. The van der Waals surface area contributed by atoms with Crippen molar-refractivity contribution in [3.05, 3.63) is 11.7 Å². The summed E-state index contributed by atoms with van der Waals surface area (Å²) >= 11 is 0. The summed E-state index contributed by atoms with van der Waals surface area (Å²) < 4.78 is 5.24. The molecule has 2 aliphatic carbocycles. The van der Waals surface area contributed by atoms with Gasteiger partial charge in [0, 0.05) is 5.92 Å². The monoisotopic (exact) mass is 236 g/mol. The Kier molecular flexibility index (Phi) is 2.51. The van der Waals surface area contributed by atoms with Crippen LogP contribution in [0.15, 0.2) is 4.52 Å². The van der Waals surface area contributed by atoms with E-state index in [1.165, 1.54) is 12.8 Å². The topological polar surface area (TPSA) is 59.2 Å². The zero-order valence-electron chi connectivity index (χ0n) is 10.5. The molecule has 94 valence electrons. The zero-order chi connectivity index (χ0) is 12.0. The Balaban J connectivity index is 1.74. The molecule has 17 heavy (non-hydrogen) atoms. The fourth-order valence-electron chi connectivity index (χ4n) is 3.47. The van der Waals surface area contributed by atoms with E-state index in [2.05, 4.69) is 10.1 Å². The molecule has 2 fully saturated rings. The van der Waals surface area contributed by atoms with Crippen molar-refractivity contribution in [1.82, 2.24) is 10.1 Å². The predicted octanol–water partition coefficient (Wildman–Crippen LogP) is 2.29. The van der Waals surface area contributed by atoms with Crippen LogP contribution in [0.25, 0.3) is 0 Å². The minimum Gasteiger partial charge on any atom is -0.389 e. The van der Waals surface area contributed by atoms with Gasteiger partial charge < -0.3 is 9.63 Å². The largest absolute Gasteiger partial charge is 0.389 e. The normalized spacial score (nSPS) is 36.0. The summed E-state index contributed by atoms with van der Waals surface area (Å²) in [7, 11) is 0. The lowest BCUT2D eigenvalue weighted by Crippen LogP contribution is -2.37. The number of aliphatic hydroxyl groups is 1. The smallest absolute Gasteiger partial charge is 0.229 e. The van der Waals surface area contributed by atoms with Gasteiger partial charge in [0.15, 0.2) is 5.82 Å². The Hall–Kier alpha value is -0.900. The molecule has 0 spiro atoms. The van der Waals surface area contributed by atoms with Gasteiger partial charge in [-0.05, 0) is 37.5 Å². The van der Waals surface area contributed by atoms with Crippen LogP contribution >= 0.6 is 0 Å². The minimum absolute atomic E-state index is 0.280. The fourth-order valence-corrected chi connectivity index (χ4v) is 3.47. The Morgan fingerprint density at radius 3 is 2.82 bits per heavy atom. The van der Waals surface area contributed by atoms with Crippen LogP contribution in [0.3, 0.4) is 0 Å². The molecule has 3 rings (SSSR count). The molecule has 2 saturated carbocycles. The van der Waals surface area contributed by atoms with E-state index >= 15 is 0 Å². The highest BCUT2D eigenvalue weighted by atomic mass is 16.5. The Bertz CT molecular complexity index is 415. The van der Waals surface area contributed by atoms with Gasteiger partial charge in [0.25, 0.3) is 0 Å². The summed E-state index contributed by atoms with van der Waals surface area (Å²) in [5.74, 6) is 2.79. The van der Waals surface area contributed by atoms with Crippen molar-refractivity contribution in [1.29, 1.82) is 0 Å². The van der Waals surface area contributed by atoms with Crippen LogP contribution in [0.2, 0.25) is 0 Å². The first-order chi connectivity index (χ1) is 8.07. The van der Waals surface area contributed by atoms with Crippen molar-refractivity contribution in [3.63, 3.8) is 0 Å². The number of aromatic nitrogens is 2. The van der Waals surface area contributed by atoms with Crippen LogP contribution in [0.1, 0.15) is 57.2 Å². The van der Waals surface area contributed by atoms with Gasteiger partial charge in [-0.2, -0.15) is 4.98 Å². The minimum atomic E-state index is -0.580. The summed E-state index contributed by atoms with van der Waals surface area (Å²) in [6, 6.07) is 0. The Morgan fingerprint density at radius 1 is 1.47 bits per heavy atom. The average molecular weight is 236 g/mol. The summed E-state index contributed by atoms with van der Waals surface area (Å²) in [4.78, 5) is 4.36. The number of rotatable bonds is 3. The second kappa shape index (κ2) is 3.80. The van der Waals surface area contributed by atoms with Crippen molar-refractivity contribution < 1.29 is 9.63 Å². The van der Waals surface area contributed by atoms with E-state index in [0.717, 1.165) is 24.6 Å². The summed E-state index contributed by atoms with van der Waals surface area (Å²) in [5.41, 5.74) is -0.580. The molecule has 0 aromatic carbocycles. The third-order valence-electron chi connectivity index (χ3n) is 4.40. The van der Waals surface area contributed by atoms with Gasteiger partial charge in [-0.15, -0.1) is 0 Å². The fraction of sp³-hybridized carbons (Fsp3) is 0.846. The highest BCUT2D eigenvalue weighted by Crippen LogP contribution is 2.51. The molecule has 1 N–H and O–H groups in total. The van der Waals surface area contributed by atoms with Gasteiger partial charge >= 0.3 is 0 Å². The van der Waals surface area contributed by atoms with Crippen molar-refractivity contribution in [2.75, 3.05) is 0 Å². The lowest BCUT2D eigenvalue weighted by atomic mass is 9.82. The van der Waals surface area contributed by atoms with E-state index in [0.29, 0.717) is 18.2 Å². The molecule has 0 saturated heterocycles. The van der Waals surface area contributed by atoms with Gasteiger partial charge in [0.05, 0.1) is 12.0 Å². The molecule has 2 bridgehead atoms. The molecule has 1 aromatic rings. The van der Waals surface area contributed by atoms with E-state index in [4.69, 9.17) is 4.52 Å². The second-order valence-electron chi connectivity index (χ2n) is 6.06. The first kappa shape index (κ1) is 11.2. The van der Waals surface area contributed by atoms with Gasteiger partial charge in [-0.3, -0.25) is 0 Å². The summed E-state index contributed by atoms with van der Waals surface area (Å²) in [6.45, 7) is 4.09. The van der Waals surface area contributed by atoms with Crippen LogP contribution < -0.4 is 0 Å². The van der Waals surface area contributed by atoms with Gasteiger partial charge in [0.1, 0.15) is 0 Å². The molecule has 4 nitrogen and oxygen atoms in total. The Labute approximate surface area is 101 Å². The van der Waals surface area contributed by atoms with E-state index in [-0.39, 0.29) is 5.92 Å². The van der Waals surface area contributed by atoms with Crippen LogP contribution in [-0.4, -0.2) is 20.8 Å². The van der Waals surface area contributed by atoms with Gasteiger partial charge in [0.2, 0.25) is 5.89 Å². The highest BCUT2D eigenvalue weighted by molar-refractivity contribution is 5.05. The first-order valence-electron chi connectivity index (χ1n) is 6.62. The molecule has 3 unspecified atom stereocenters. The van der Waals surface area contributed by atoms with Crippen LogP contribution in [0.4, 0.5) is 0 Å². The van der Waals surface area contributed by atoms with Crippen molar-refractivity contribution in [2.24, 2.45) is 11.8 Å². The SMILES string of the molecule is CC(C)c1noc(CC2(O)CC3CCC2C3)n1. The van der Waals surface area contributed by atoms with Crippen molar-refractivity contribution in [2.45, 2.75) is 57.5 Å². The van der Waals surface area contributed by atoms with Crippen LogP contribution in [0.5, 0.6) is 0 Å². The maximum absolute atomic E-state index is 10.7. The van der Waals surface area contributed by atoms with Gasteiger partial charge in [-0.1, -0.05) is 19.0 Å². The molecule has 1 aromatic heterocycles. The predicted molar refractivity (Wildman–Crippen MR) is 62.5 cm³/mol. The second-order valence-corrected chi connectivity index (χ2v) is 6.06. The number of fused-ring (bicyclic) bond motifs is 2. The number of hydrogen-bond donors (Lipinski definition) is 1. The van der Waals surface area contributed by atoms with E-state index < -0.39 is 5.60 Å². The van der Waals surface area contributed by atoms with Crippen molar-refractivity contribution in [3.8, 4) is 0 Å².